The molecule has 0 saturated carbocycles. The molecule has 0 spiro atoms. The first kappa shape index (κ1) is 15.9. The Hall–Kier alpha value is -1.13. The Morgan fingerprint density at radius 1 is 1.53 bits per heavy atom. The molecule has 0 radical (unpaired) electrons. The molecule has 0 heterocycles. The normalized spacial score (nSPS) is 13.9. The number of methoxy groups -OCH3 is 1. The number of carbonyl (C=O) groups is 1. The summed E-state index contributed by atoms with van der Waals surface area (Å²) in [6, 6.07) is 4.13. The first-order chi connectivity index (χ1) is 8.99. The summed E-state index contributed by atoms with van der Waals surface area (Å²) in [7, 11) is 1.37. The minimum atomic E-state index is -0.447. The SMILES string of the molecule is CCC(C)C(NCc1ccc(F)c(Cl)c1)C(=O)OC. The van der Waals surface area contributed by atoms with Gasteiger partial charge in [-0.25, -0.2) is 4.39 Å². The standard InChI is InChI=1S/C14H19ClFNO2/c1-4-9(2)13(14(18)19-3)17-8-10-5-6-12(16)11(15)7-10/h5-7,9,13,17H,4,8H2,1-3H3. The van der Waals surface area contributed by atoms with Crippen LogP contribution in [0, 0.1) is 11.7 Å². The maximum Gasteiger partial charge on any atom is 0.323 e. The lowest BCUT2D eigenvalue weighted by Crippen LogP contribution is -2.42. The topological polar surface area (TPSA) is 38.3 Å². The number of ether oxygens (including phenoxy) is 1. The molecule has 5 heteroatoms. The number of nitrogens with one attached hydrogen (secondary N) is 1. The summed E-state index contributed by atoms with van der Waals surface area (Å²) in [6.07, 6.45) is 0.858. The third-order valence-electron chi connectivity index (χ3n) is 3.18. The van der Waals surface area contributed by atoms with Gasteiger partial charge in [-0.3, -0.25) is 4.79 Å². The van der Waals surface area contributed by atoms with Crippen LogP contribution in [0.2, 0.25) is 5.02 Å². The molecule has 1 N–H and O–H groups in total. The van der Waals surface area contributed by atoms with Crippen LogP contribution in [0.25, 0.3) is 0 Å². The summed E-state index contributed by atoms with van der Waals surface area (Å²) in [5, 5.41) is 3.21. The van der Waals surface area contributed by atoms with Crippen molar-refractivity contribution in [3.8, 4) is 0 Å². The van der Waals surface area contributed by atoms with Crippen molar-refractivity contribution in [1.82, 2.24) is 5.32 Å². The van der Waals surface area contributed by atoms with Crippen molar-refractivity contribution < 1.29 is 13.9 Å². The van der Waals surface area contributed by atoms with Crippen LogP contribution in [0.15, 0.2) is 18.2 Å². The number of benzene rings is 1. The van der Waals surface area contributed by atoms with Gasteiger partial charge in [0, 0.05) is 6.54 Å². The van der Waals surface area contributed by atoms with Gasteiger partial charge in [-0.1, -0.05) is 37.9 Å². The molecule has 0 aromatic heterocycles. The number of halogens is 2. The maximum absolute atomic E-state index is 13.0. The van der Waals surface area contributed by atoms with E-state index in [-0.39, 0.29) is 23.0 Å². The zero-order valence-corrected chi connectivity index (χ0v) is 12.1. The van der Waals surface area contributed by atoms with Crippen LogP contribution in [0.4, 0.5) is 4.39 Å². The van der Waals surface area contributed by atoms with Crippen LogP contribution in [0.5, 0.6) is 0 Å². The molecule has 19 heavy (non-hydrogen) atoms. The number of hydrogen-bond acceptors (Lipinski definition) is 3. The third-order valence-corrected chi connectivity index (χ3v) is 3.47. The molecule has 0 aliphatic heterocycles. The Morgan fingerprint density at radius 3 is 2.74 bits per heavy atom. The number of hydrogen-bond donors (Lipinski definition) is 1. The van der Waals surface area contributed by atoms with Crippen LogP contribution in [-0.4, -0.2) is 19.1 Å². The summed E-state index contributed by atoms with van der Waals surface area (Å²) < 4.78 is 17.8. The van der Waals surface area contributed by atoms with Crippen molar-refractivity contribution in [2.24, 2.45) is 5.92 Å². The van der Waals surface area contributed by atoms with Gasteiger partial charge in [-0.05, 0) is 23.6 Å². The van der Waals surface area contributed by atoms with Gasteiger partial charge in [0.15, 0.2) is 0 Å². The lowest BCUT2D eigenvalue weighted by molar-refractivity contribution is -0.144. The number of esters is 1. The molecule has 0 bridgehead atoms. The Kier molecular flexibility index (Phi) is 6.25. The minimum Gasteiger partial charge on any atom is -0.468 e. The molecule has 0 fully saturated rings. The van der Waals surface area contributed by atoms with Gasteiger partial charge < -0.3 is 10.1 Å². The molecule has 0 aliphatic carbocycles. The van der Waals surface area contributed by atoms with E-state index in [0.717, 1.165) is 12.0 Å². The Labute approximate surface area is 118 Å². The fourth-order valence-electron chi connectivity index (χ4n) is 1.76. The average molecular weight is 288 g/mol. The van der Waals surface area contributed by atoms with Crippen molar-refractivity contribution in [1.29, 1.82) is 0 Å². The van der Waals surface area contributed by atoms with Crippen molar-refractivity contribution in [2.45, 2.75) is 32.9 Å². The molecule has 0 saturated heterocycles. The van der Waals surface area contributed by atoms with Crippen molar-refractivity contribution in [2.75, 3.05) is 7.11 Å². The summed E-state index contributed by atoms with van der Waals surface area (Å²) in [4.78, 5) is 11.7. The predicted octanol–water partition coefficient (Wildman–Crippen LogP) is 3.16. The molecule has 106 valence electrons. The van der Waals surface area contributed by atoms with E-state index in [1.807, 2.05) is 13.8 Å². The van der Waals surface area contributed by atoms with E-state index in [0.29, 0.717) is 6.54 Å². The van der Waals surface area contributed by atoms with Gasteiger partial charge in [-0.2, -0.15) is 0 Å². The molecule has 1 rings (SSSR count). The second-order valence-electron chi connectivity index (χ2n) is 4.52. The van der Waals surface area contributed by atoms with E-state index >= 15 is 0 Å². The zero-order valence-electron chi connectivity index (χ0n) is 11.4. The first-order valence-electron chi connectivity index (χ1n) is 6.24. The lowest BCUT2D eigenvalue weighted by Gasteiger charge is -2.22. The summed E-state index contributed by atoms with van der Waals surface area (Å²) in [5.41, 5.74) is 0.823. The minimum absolute atomic E-state index is 0.0810. The van der Waals surface area contributed by atoms with E-state index < -0.39 is 5.82 Å². The molecular weight excluding hydrogens is 269 g/mol. The molecular formula is C14H19ClFNO2. The summed E-state index contributed by atoms with van der Waals surface area (Å²) >= 11 is 5.71. The van der Waals surface area contributed by atoms with Gasteiger partial charge >= 0.3 is 5.97 Å². The second kappa shape index (κ2) is 7.46. The molecule has 1 aromatic rings. The highest BCUT2D eigenvalue weighted by Gasteiger charge is 2.24. The van der Waals surface area contributed by atoms with Gasteiger partial charge in [0.05, 0.1) is 12.1 Å². The highest BCUT2D eigenvalue weighted by atomic mass is 35.5. The molecule has 0 aliphatic rings. The first-order valence-corrected chi connectivity index (χ1v) is 6.62. The Balaban J connectivity index is 2.70. The fourth-order valence-corrected chi connectivity index (χ4v) is 1.96. The second-order valence-corrected chi connectivity index (χ2v) is 4.92. The van der Waals surface area contributed by atoms with E-state index in [1.54, 1.807) is 12.1 Å². The Morgan fingerprint density at radius 2 is 2.21 bits per heavy atom. The monoisotopic (exact) mass is 287 g/mol. The van der Waals surface area contributed by atoms with E-state index in [2.05, 4.69) is 5.32 Å². The van der Waals surface area contributed by atoms with Crippen LogP contribution in [0.1, 0.15) is 25.8 Å². The van der Waals surface area contributed by atoms with Gasteiger partial charge in [-0.15, -0.1) is 0 Å². The highest BCUT2D eigenvalue weighted by Crippen LogP contribution is 2.17. The van der Waals surface area contributed by atoms with Gasteiger partial charge in [0.25, 0.3) is 0 Å². The molecule has 1 aromatic carbocycles. The van der Waals surface area contributed by atoms with Crippen molar-refractivity contribution >= 4 is 17.6 Å². The third kappa shape index (κ3) is 4.48. The van der Waals surface area contributed by atoms with Crippen LogP contribution >= 0.6 is 11.6 Å². The molecule has 2 unspecified atom stereocenters. The van der Waals surface area contributed by atoms with E-state index in [9.17, 15) is 9.18 Å². The smallest absolute Gasteiger partial charge is 0.323 e. The van der Waals surface area contributed by atoms with E-state index in [1.165, 1.54) is 13.2 Å². The molecule has 3 nitrogen and oxygen atoms in total. The highest BCUT2D eigenvalue weighted by molar-refractivity contribution is 6.30. The van der Waals surface area contributed by atoms with Crippen LogP contribution in [-0.2, 0) is 16.1 Å². The maximum atomic E-state index is 13.0. The van der Waals surface area contributed by atoms with E-state index in [4.69, 9.17) is 16.3 Å². The molecule has 2 atom stereocenters. The summed E-state index contributed by atoms with van der Waals surface area (Å²) in [6.45, 7) is 4.42. The fraction of sp³-hybridized carbons (Fsp3) is 0.500. The van der Waals surface area contributed by atoms with Crippen LogP contribution in [0.3, 0.4) is 0 Å². The quantitative estimate of drug-likeness (QED) is 0.817. The van der Waals surface area contributed by atoms with Crippen LogP contribution < -0.4 is 5.32 Å². The van der Waals surface area contributed by atoms with Crippen molar-refractivity contribution in [3.63, 3.8) is 0 Å². The summed E-state index contributed by atoms with van der Waals surface area (Å²) in [5.74, 6) is -0.581. The predicted molar refractivity (Wildman–Crippen MR) is 73.5 cm³/mol. The lowest BCUT2D eigenvalue weighted by atomic mass is 9.99. The number of rotatable bonds is 6. The van der Waals surface area contributed by atoms with Gasteiger partial charge in [0.1, 0.15) is 11.9 Å². The Bertz CT molecular complexity index is 439. The molecule has 0 amide bonds. The van der Waals surface area contributed by atoms with Gasteiger partial charge in [0.2, 0.25) is 0 Å². The van der Waals surface area contributed by atoms with Crippen molar-refractivity contribution in [3.05, 3.63) is 34.6 Å². The number of carbonyl (C=O) groups excluding carboxylic acids is 1. The zero-order chi connectivity index (χ0) is 14.4. The largest absolute Gasteiger partial charge is 0.468 e. The average Bonchev–Trinajstić information content (AvgIpc) is 2.42.